The van der Waals surface area contributed by atoms with Gasteiger partial charge in [-0.2, -0.15) is 0 Å². The van der Waals surface area contributed by atoms with Gasteiger partial charge in [0.25, 0.3) is 0 Å². The van der Waals surface area contributed by atoms with E-state index in [2.05, 4.69) is 50.5 Å². The molecule has 1 N–H and O–H groups in total. The van der Waals surface area contributed by atoms with Gasteiger partial charge in [0.1, 0.15) is 5.03 Å². The first-order valence-electron chi connectivity index (χ1n) is 6.42. The van der Waals surface area contributed by atoms with Crippen LogP contribution in [0.4, 0.5) is 5.69 Å². The van der Waals surface area contributed by atoms with Crippen molar-refractivity contribution in [1.29, 1.82) is 0 Å². The summed E-state index contributed by atoms with van der Waals surface area (Å²) in [5, 5.41) is 5.19. The van der Waals surface area contributed by atoms with Crippen molar-refractivity contribution in [2.24, 2.45) is 0 Å². The smallest absolute Gasteiger partial charge is 0.110 e. The highest BCUT2D eigenvalue weighted by Gasteiger charge is 2.17. The maximum Gasteiger partial charge on any atom is 0.110 e. The summed E-state index contributed by atoms with van der Waals surface area (Å²) in [6.45, 7) is 0.991. The number of nitrogens with one attached hydrogen (secondary N) is 1. The molecule has 0 saturated heterocycles. The van der Waals surface area contributed by atoms with E-state index in [9.17, 15) is 0 Å². The van der Waals surface area contributed by atoms with Crippen LogP contribution >= 0.6 is 27.7 Å². The SMILES string of the molecule is Brc1cccnc1SC1CCc2ccccc2NC1. The molecule has 0 bridgehead atoms. The van der Waals surface area contributed by atoms with E-state index >= 15 is 0 Å². The van der Waals surface area contributed by atoms with Gasteiger partial charge in [0.05, 0.1) is 0 Å². The number of anilines is 1. The topological polar surface area (TPSA) is 24.9 Å². The Morgan fingerprint density at radius 2 is 2.11 bits per heavy atom. The molecular weight excluding hydrogens is 320 g/mol. The molecule has 0 aliphatic carbocycles. The summed E-state index contributed by atoms with van der Waals surface area (Å²) < 4.78 is 1.08. The van der Waals surface area contributed by atoms with Crippen LogP contribution < -0.4 is 5.32 Å². The average Bonchev–Trinajstić information content (AvgIpc) is 2.64. The molecule has 1 aliphatic rings. The van der Waals surface area contributed by atoms with Crippen LogP contribution in [-0.2, 0) is 6.42 Å². The Bertz CT molecular complexity index is 547. The lowest BCUT2D eigenvalue weighted by molar-refractivity contribution is 0.800. The molecular formula is C15H15BrN2S. The third-order valence-electron chi connectivity index (χ3n) is 3.28. The van der Waals surface area contributed by atoms with Crippen molar-refractivity contribution in [2.45, 2.75) is 23.1 Å². The number of fused-ring (bicyclic) bond motifs is 1. The summed E-state index contributed by atoms with van der Waals surface area (Å²) in [5.41, 5.74) is 2.70. The number of aryl methyl sites for hydroxylation is 1. The molecule has 1 aliphatic heterocycles. The van der Waals surface area contributed by atoms with E-state index in [4.69, 9.17) is 0 Å². The Morgan fingerprint density at radius 3 is 3.00 bits per heavy atom. The van der Waals surface area contributed by atoms with Crippen LogP contribution in [-0.4, -0.2) is 16.8 Å². The predicted octanol–water partition coefficient (Wildman–Crippen LogP) is 4.36. The Kier molecular flexibility index (Phi) is 4.09. The van der Waals surface area contributed by atoms with Crippen LogP contribution in [0, 0.1) is 0 Å². The molecule has 0 fully saturated rings. The molecule has 0 radical (unpaired) electrons. The van der Waals surface area contributed by atoms with E-state index in [0.29, 0.717) is 5.25 Å². The zero-order chi connectivity index (χ0) is 13.1. The van der Waals surface area contributed by atoms with Gasteiger partial charge in [-0.1, -0.05) is 18.2 Å². The summed E-state index contributed by atoms with van der Waals surface area (Å²) in [6.07, 6.45) is 4.16. The van der Waals surface area contributed by atoms with Gasteiger partial charge in [0.15, 0.2) is 0 Å². The Labute approximate surface area is 126 Å². The van der Waals surface area contributed by atoms with Gasteiger partial charge >= 0.3 is 0 Å². The fraction of sp³-hybridized carbons (Fsp3) is 0.267. The zero-order valence-electron chi connectivity index (χ0n) is 10.5. The van der Waals surface area contributed by atoms with E-state index in [1.807, 2.05) is 30.1 Å². The Balaban J connectivity index is 1.71. The zero-order valence-corrected chi connectivity index (χ0v) is 12.9. The summed E-state index contributed by atoms with van der Waals surface area (Å²) in [4.78, 5) is 4.44. The summed E-state index contributed by atoms with van der Waals surface area (Å²) in [6, 6.07) is 12.6. The number of hydrogen-bond acceptors (Lipinski definition) is 3. The van der Waals surface area contributed by atoms with Crippen molar-refractivity contribution in [2.75, 3.05) is 11.9 Å². The molecule has 1 aromatic carbocycles. The van der Waals surface area contributed by atoms with Gasteiger partial charge in [-0.05, 0) is 52.5 Å². The van der Waals surface area contributed by atoms with Crippen molar-refractivity contribution >= 4 is 33.4 Å². The monoisotopic (exact) mass is 334 g/mol. The minimum atomic E-state index is 0.554. The van der Waals surface area contributed by atoms with E-state index in [0.717, 1.165) is 22.5 Å². The van der Waals surface area contributed by atoms with E-state index in [1.54, 1.807) is 0 Å². The lowest BCUT2D eigenvalue weighted by Crippen LogP contribution is -2.14. The maximum atomic E-state index is 4.44. The molecule has 3 rings (SSSR count). The third-order valence-corrected chi connectivity index (χ3v) is 5.46. The van der Waals surface area contributed by atoms with Gasteiger partial charge in [-0.15, -0.1) is 11.8 Å². The lowest BCUT2D eigenvalue weighted by Gasteiger charge is -2.14. The van der Waals surface area contributed by atoms with E-state index in [-0.39, 0.29) is 0 Å². The maximum absolute atomic E-state index is 4.44. The average molecular weight is 335 g/mol. The van der Waals surface area contributed by atoms with Crippen molar-refractivity contribution in [1.82, 2.24) is 4.98 Å². The summed E-state index contributed by atoms with van der Waals surface area (Å²) in [7, 11) is 0. The second kappa shape index (κ2) is 5.97. The molecule has 1 unspecified atom stereocenters. The van der Waals surface area contributed by atoms with Gasteiger partial charge < -0.3 is 5.32 Å². The number of benzene rings is 1. The third kappa shape index (κ3) is 3.12. The number of halogens is 1. The first kappa shape index (κ1) is 13.0. The highest BCUT2D eigenvalue weighted by molar-refractivity contribution is 9.10. The fourth-order valence-electron chi connectivity index (χ4n) is 2.27. The van der Waals surface area contributed by atoms with Gasteiger partial charge in [-0.25, -0.2) is 4.98 Å². The van der Waals surface area contributed by atoms with Crippen LogP contribution in [0.5, 0.6) is 0 Å². The van der Waals surface area contributed by atoms with Crippen LogP contribution in [0.2, 0.25) is 0 Å². The number of thioether (sulfide) groups is 1. The second-order valence-electron chi connectivity index (χ2n) is 4.61. The number of nitrogens with zero attached hydrogens (tertiary/aromatic N) is 1. The molecule has 2 nitrogen and oxygen atoms in total. The molecule has 0 saturated carbocycles. The van der Waals surface area contributed by atoms with Gasteiger partial charge in [0, 0.05) is 28.2 Å². The molecule has 1 atom stereocenters. The molecule has 4 heteroatoms. The molecule has 1 aromatic heterocycles. The molecule has 2 aromatic rings. The fourth-order valence-corrected chi connectivity index (χ4v) is 3.83. The molecule has 0 spiro atoms. The minimum absolute atomic E-state index is 0.554. The molecule has 98 valence electrons. The predicted molar refractivity (Wildman–Crippen MR) is 84.8 cm³/mol. The van der Waals surface area contributed by atoms with Crippen LogP contribution in [0.3, 0.4) is 0 Å². The van der Waals surface area contributed by atoms with Crippen molar-refractivity contribution in [3.8, 4) is 0 Å². The Hall–Kier alpha value is -1.00. The van der Waals surface area contributed by atoms with Crippen LogP contribution in [0.25, 0.3) is 0 Å². The van der Waals surface area contributed by atoms with Gasteiger partial charge in [0.2, 0.25) is 0 Å². The summed E-state index contributed by atoms with van der Waals surface area (Å²) in [5.74, 6) is 0. The highest BCUT2D eigenvalue weighted by atomic mass is 79.9. The first-order chi connectivity index (χ1) is 9.33. The minimum Gasteiger partial charge on any atom is -0.384 e. The number of para-hydroxylation sites is 1. The van der Waals surface area contributed by atoms with E-state index < -0.39 is 0 Å². The number of pyridine rings is 1. The van der Waals surface area contributed by atoms with E-state index in [1.165, 1.54) is 17.7 Å². The first-order valence-corrected chi connectivity index (χ1v) is 8.09. The number of hydrogen-bond donors (Lipinski definition) is 1. The Morgan fingerprint density at radius 1 is 1.21 bits per heavy atom. The second-order valence-corrected chi connectivity index (χ2v) is 6.75. The summed E-state index contributed by atoms with van der Waals surface area (Å²) >= 11 is 5.42. The normalized spacial score (nSPS) is 18.3. The largest absolute Gasteiger partial charge is 0.384 e. The molecule has 0 amide bonds. The lowest BCUT2D eigenvalue weighted by atomic mass is 10.1. The van der Waals surface area contributed by atoms with Crippen molar-refractivity contribution in [3.05, 3.63) is 52.6 Å². The van der Waals surface area contributed by atoms with Crippen LogP contribution in [0.15, 0.2) is 52.1 Å². The number of aromatic nitrogens is 1. The molecule has 2 heterocycles. The standard InChI is InChI=1S/C15H15BrN2S/c16-13-5-3-9-17-15(13)19-12-8-7-11-4-1-2-6-14(11)18-10-12/h1-6,9,12,18H,7-8,10H2. The van der Waals surface area contributed by atoms with Crippen molar-refractivity contribution in [3.63, 3.8) is 0 Å². The molecule has 19 heavy (non-hydrogen) atoms. The number of rotatable bonds is 2. The highest BCUT2D eigenvalue weighted by Crippen LogP contribution is 2.33. The van der Waals surface area contributed by atoms with Crippen LogP contribution in [0.1, 0.15) is 12.0 Å². The van der Waals surface area contributed by atoms with Crippen molar-refractivity contribution < 1.29 is 0 Å². The quantitative estimate of drug-likeness (QED) is 0.882. The van der Waals surface area contributed by atoms with Gasteiger partial charge in [-0.3, -0.25) is 0 Å².